The van der Waals surface area contributed by atoms with Gasteiger partial charge in [-0.05, 0) is 43.5 Å². The summed E-state index contributed by atoms with van der Waals surface area (Å²) in [5, 5.41) is 1.34. The van der Waals surface area contributed by atoms with E-state index in [1.807, 2.05) is 45.9 Å². The van der Waals surface area contributed by atoms with Gasteiger partial charge in [-0.1, -0.05) is 31.5 Å². The van der Waals surface area contributed by atoms with E-state index in [2.05, 4.69) is 0 Å². The number of aromatic nitrogens is 2. The largest absolute Gasteiger partial charge is 0.469 e. The molecule has 1 aromatic carbocycles. The summed E-state index contributed by atoms with van der Waals surface area (Å²) in [5.41, 5.74) is 2.79. The Morgan fingerprint density at radius 3 is 2.66 bits per heavy atom. The van der Waals surface area contributed by atoms with E-state index >= 15 is 0 Å². The van der Waals surface area contributed by atoms with E-state index in [-0.39, 0.29) is 23.9 Å². The van der Waals surface area contributed by atoms with Crippen molar-refractivity contribution < 1.29 is 9.53 Å². The highest BCUT2D eigenvalue weighted by atomic mass is 35.5. The fourth-order valence-electron chi connectivity index (χ4n) is 3.50. The average Bonchev–Trinajstić information content (AvgIpc) is 3.01. The van der Waals surface area contributed by atoms with Gasteiger partial charge < -0.3 is 4.74 Å². The molecule has 2 aromatic heterocycles. The smallest absolute Gasteiger partial charge is 0.305 e. The molecular weight excluding hydrogens is 408 g/mol. The topological polar surface area (TPSA) is 61.2 Å². The fraction of sp³-hybridized carbons (Fsp3) is 0.409. The van der Waals surface area contributed by atoms with E-state index < -0.39 is 0 Å². The number of aryl methyl sites for hydroxylation is 2. The number of fused-ring (bicyclic) bond motifs is 1. The lowest BCUT2D eigenvalue weighted by molar-refractivity contribution is -0.140. The summed E-state index contributed by atoms with van der Waals surface area (Å²) in [7, 11) is 1.37. The van der Waals surface area contributed by atoms with Crippen LogP contribution in [0.2, 0.25) is 5.02 Å². The predicted molar refractivity (Wildman–Crippen MR) is 119 cm³/mol. The standard InChI is InChI=1S/C22H25ClN2O3S/c1-12(2)20-24-21-19(22(27)25(20)10-6-7-17(26)28-5)18(14(4)29-21)15-8-9-16(23)13(3)11-15/h8-9,11-12H,6-7,10H2,1-5H3. The molecule has 0 aliphatic heterocycles. The molecule has 0 aliphatic rings. The zero-order chi connectivity index (χ0) is 21.3. The van der Waals surface area contributed by atoms with Gasteiger partial charge >= 0.3 is 5.97 Å². The van der Waals surface area contributed by atoms with Crippen molar-refractivity contribution in [3.8, 4) is 11.1 Å². The van der Waals surface area contributed by atoms with Crippen molar-refractivity contribution in [1.29, 1.82) is 0 Å². The Kier molecular flexibility index (Phi) is 6.44. The molecule has 0 amide bonds. The van der Waals surface area contributed by atoms with E-state index in [4.69, 9.17) is 21.3 Å². The number of hydrogen-bond donors (Lipinski definition) is 0. The van der Waals surface area contributed by atoms with Gasteiger partial charge in [0.1, 0.15) is 10.7 Å². The minimum atomic E-state index is -0.276. The van der Waals surface area contributed by atoms with Crippen molar-refractivity contribution in [2.75, 3.05) is 7.11 Å². The van der Waals surface area contributed by atoms with Gasteiger partial charge in [-0.3, -0.25) is 14.2 Å². The number of benzene rings is 1. The normalized spacial score (nSPS) is 11.4. The second kappa shape index (κ2) is 8.67. The first kappa shape index (κ1) is 21.5. The quantitative estimate of drug-likeness (QED) is 0.484. The van der Waals surface area contributed by atoms with Crippen molar-refractivity contribution in [1.82, 2.24) is 9.55 Å². The van der Waals surface area contributed by atoms with Crippen molar-refractivity contribution >= 4 is 39.1 Å². The summed E-state index contributed by atoms with van der Waals surface area (Å²) in [4.78, 5) is 31.7. The average molecular weight is 433 g/mol. The van der Waals surface area contributed by atoms with Gasteiger partial charge in [0.15, 0.2) is 0 Å². The maximum Gasteiger partial charge on any atom is 0.305 e. The van der Waals surface area contributed by atoms with Crippen LogP contribution < -0.4 is 5.56 Å². The van der Waals surface area contributed by atoms with E-state index in [9.17, 15) is 9.59 Å². The first-order chi connectivity index (χ1) is 13.7. The summed E-state index contributed by atoms with van der Waals surface area (Å²) in [5.74, 6) is 0.559. The number of esters is 1. The molecule has 2 heterocycles. The van der Waals surface area contributed by atoms with Gasteiger partial charge in [0.25, 0.3) is 5.56 Å². The SMILES string of the molecule is COC(=O)CCCn1c(C(C)C)nc2sc(C)c(-c3ccc(Cl)c(C)c3)c2c1=O. The fourth-order valence-corrected chi connectivity index (χ4v) is 4.66. The number of ether oxygens (including phenoxy) is 1. The summed E-state index contributed by atoms with van der Waals surface area (Å²) in [6, 6.07) is 5.81. The zero-order valence-corrected chi connectivity index (χ0v) is 18.9. The van der Waals surface area contributed by atoms with Crippen LogP contribution in [-0.2, 0) is 16.1 Å². The van der Waals surface area contributed by atoms with Crippen LogP contribution in [0.1, 0.15) is 48.9 Å². The molecule has 0 unspecified atom stereocenters. The zero-order valence-electron chi connectivity index (χ0n) is 17.3. The van der Waals surface area contributed by atoms with Crippen molar-refractivity contribution in [2.45, 2.75) is 53.0 Å². The summed E-state index contributed by atoms with van der Waals surface area (Å²) in [6.07, 6.45) is 0.794. The van der Waals surface area contributed by atoms with Gasteiger partial charge in [-0.15, -0.1) is 11.3 Å². The Bertz CT molecular complexity index is 1130. The van der Waals surface area contributed by atoms with Crippen LogP contribution in [-0.4, -0.2) is 22.6 Å². The molecule has 0 fully saturated rings. The molecule has 0 saturated carbocycles. The highest BCUT2D eigenvalue weighted by Gasteiger charge is 2.21. The van der Waals surface area contributed by atoms with Crippen LogP contribution in [0.15, 0.2) is 23.0 Å². The predicted octanol–water partition coefficient (Wildman–Crippen LogP) is 5.47. The second-order valence-electron chi connectivity index (χ2n) is 7.44. The Labute approximate surface area is 179 Å². The molecule has 7 heteroatoms. The molecule has 29 heavy (non-hydrogen) atoms. The number of halogens is 1. The second-order valence-corrected chi connectivity index (χ2v) is 9.05. The molecule has 0 bridgehead atoms. The lowest BCUT2D eigenvalue weighted by Crippen LogP contribution is -2.26. The van der Waals surface area contributed by atoms with E-state index in [0.29, 0.717) is 23.4 Å². The number of carbonyl (C=O) groups excluding carboxylic acids is 1. The summed E-state index contributed by atoms with van der Waals surface area (Å²) >= 11 is 7.73. The van der Waals surface area contributed by atoms with Crippen molar-refractivity contribution in [2.24, 2.45) is 0 Å². The molecule has 3 aromatic rings. The van der Waals surface area contributed by atoms with Gasteiger partial charge in [-0.2, -0.15) is 0 Å². The van der Waals surface area contributed by atoms with Crippen LogP contribution in [0.4, 0.5) is 0 Å². The molecule has 5 nitrogen and oxygen atoms in total. The molecule has 0 atom stereocenters. The van der Waals surface area contributed by atoms with Crippen LogP contribution >= 0.6 is 22.9 Å². The third-order valence-corrected chi connectivity index (χ3v) is 6.39. The van der Waals surface area contributed by atoms with Crippen LogP contribution in [0.3, 0.4) is 0 Å². The Morgan fingerprint density at radius 2 is 2.03 bits per heavy atom. The highest BCUT2D eigenvalue weighted by Crippen LogP contribution is 2.37. The lowest BCUT2D eigenvalue weighted by Gasteiger charge is -2.15. The Balaban J connectivity index is 2.18. The molecule has 0 radical (unpaired) electrons. The van der Waals surface area contributed by atoms with Gasteiger partial charge in [-0.25, -0.2) is 4.98 Å². The molecule has 0 spiro atoms. The summed E-state index contributed by atoms with van der Waals surface area (Å²) in [6.45, 7) is 8.44. The van der Waals surface area contributed by atoms with Gasteiger partial charge in [0, 0.05) is 34.3 Å². The van der Waals surface area contributed by atoms with E-state index in [0.717, 1.165) is 32.2 Å². The molecular formula is C22H25ClN2O3S. The number of carbonyl (C=O) groups is 1. The maximum absolute atomic E-state index is 13.5. The third-order valence-electron chi connectivity index (χ3n) is 4.97. The Morgan fingerprint density at radius 1 is 1.31 bits per heavy atom. The number of rotatable bonds is 6. The number of hydrogen-bond acceptors (Lipinski definition) is 5. The monoisotopic (exact) mass is 432 g/mol. The molecule has 0 saturated heterocycles. The van der Waals surface area contributed by atoms with Crippen LogP contribution in [0.5, 0.6) is 0 Å². The molecule has 154 valence electrons. The van der Waals surface area contributed by atoms with E-state index in [1.54, 1.807) is 4.57 Å². The van der Waals surface area contributed by atoms with E-state index in [1.165, 1.54) is 18.4 Å². The molecule has 0 N–H and O–H groups in total. The lowest BCUT2D eigenvalue weighted by atomic mass is 10.0. The maximum atomic E-state index is 13.5. The molecule has 0 aliphatic carbocycles. The Hall–Kier alpha value is -2.18. The number of nitrogens with zero attached hydrogens (tertiary/aromatic N) is 2. The number of thiophene rings is 1. The van der Waals surface area contributed by atoms with Crippen molar-refractivity contribution in [3.05, 3.63) is 49.8 Å². The minimum absolute atomic E-state index is 0.0597. The number of methoxy groups -OCH3 is 1. The molecule has 3 rings (SSSR count). The third kappa shape index (κ3) is 4.23. The minimum Gasteiger partial charge on any atom is -0.469 e. The highest BCUT2D eigenvalue weighted by molar-refractivity contribution is 7.19. The van der Waals surface area contributed by atoms with Crippen molar-refractivity contribution in [3.63, 3.8) is 0 Å². The van der Waals surface area contributed by atoms with Crippen LogP contribution in [0.25, 0.3) is 21.3 Å². The first-order valence-electron chi connectivity index (χ1n) is 9.61. The van der Waals surface area contributed by atoms with Gasteiger partial charge in [0.05, 0.1) is 12.5 Å². The first-order valence-corrected chi connectivity index (χ1v) is 10.8. The summed E-state index contributed by atoms with van der Waals surface area (Å²) < 4.78 is 6.43. The van der Waals surface area contributed by atoms with Gasteiger partial charge in [0.2, 0.25) is 0 Å². The van der Waals surface area contributed by atoms with Crippen LogP contribution in [0, 0.1) is 13.8 Å².